The Labute approximate surface area is 205 Å². The molecular formula is C24H24Cl2N4O4. The van der Waals surface area contributed by atoms with Crippen molar-refractivity contribution in [2.75, 3.05) is 39.5 Å². The normalized spacial score (nSPS) is 11.2. The van der Waals surface area contributed by atoms with Crippen LogP contribution in [-0.2, 0) is 9.47 Å². The Kier molecular flexibility index (Phi) is 8.08. The van der Waals surface area contributed by atoms with Gasteiger partial charge in [-0.25, -0.2) is 0 Å². The third-order valence-corrected chi connectivity index (χ3v) is 5.56. The maximum atomic E-state index is 12.2. The van der Waals surface area contributed by atoms with E-state index < -0.39 is 0 Å². The first-order valence-corrected chi connectivity index (χ1v) is 11.5. The zero-order valence-electron chi connectivity index (χ0n) is 18.3. The minimum absolute atomic E-state index is 0.207. The van der Waals surface area contributed by atoms with E-state index in [1.165, 1.54) is 0 Å². The van der Waals surface area contributed by atoms with Crippen LogP contribution in [0.3, 0.4) is 0 Å². The van der Waals surface area contributed by atoms with Crippen LogP contribution in [-0.4, -0.2) is 61.3 Å². The van der Waals surface area contributed by atoms with Crippen molar-refractivity contribution in [3.05, 3.63) is 70.0 Å². The van der Waals surface area contributed by atoms with Gasteiger partial charge in [0.1, 0.15) is 11.4 Å². The number of aromatic nitrogens is 2. The van der Waals surface area contributed by atoms with Gasteiger partial charge in [0.05, 0.1) is 26.4 Å². The molecule has 10 heteroatoms. The molecule has 0 spiro atoms. The Hall–Kier alpha value is -3.04. The highest BCUT2D eigenvalue weighted by molar-refractivity contribution is 6.31. The van der Waals surface area contributed by atoms with Crippen molar-refractivity contribution in [3.63, 3.8) is 0 Å². The van der Waals surface area contributed by atoms with Crippen LogP contribution in [0.4, 0.5) is 0 Å². The first-order chi connectivity index (χ1) is 16.5. The predicted octanol–water partition coefficient (Wildman–Crippen LogP) is 4.15. The van der Waals surface area contributed by atoms with Crippen molar-refractivity contribution >= 4 is 56.8 Å². The third kappa shape index (κ3) is 6.30. The SMILES string of the molecule is O=C(NCCOCCOCCNC(=O)c1cc2cc(Cl)ccc2[nH]1)c1cc2cc(Cl)ccc2[nH]1. The Morgan fingerprint density at radius 2 is 1.12 bits per heavy atom. The number of aromatic amines is 2. The Bertz CT molecular complexity index is 1200. The van der Waals surface area contributed by atoms with E-state index in [0.717, 1.165) is 21.8 Å². The standard InChI is InChI=1S/C24H24Cl2N4O4/c25-17-1-3-19-15(11-17)13-21(29-19)23(31)27-5-7-33-9-10-34-8-6-28-24(32)22-14-16-12-18(26)2-4-20(16)30-22/h1-4,11-14,29-30H,5-10H2,(H,27,31)(H,28,32). The molecule has 178 valence electrons. The fraction of sp³-hybridized carbons (Fsp3) is 0.250. The van der Waals surface area contributed by atoms with E-state index in [2.05, 4.69) is 20.6 Å². The number of fused-ring (bicyclic) bond motifs is 2. The van der Waals surface area contributed by atoms with E-state index in [9.17, 15) is 9.59 Å². The molecule has 0 unspecified atom stereocenters. The van der Waals surface area contributed by atoms with E-state index in [4.69, 9.17) is 32.7 Å². The fourth-order valence-corrected chi connectivity index (χ4v) is 3.80. The molecule has 4 rings (SSSR count). The number of H-pyrrole nitrogens is 2. The Morgan fingerprint density at radius 1 is 0.676 bits per heavy atom. The average Bonchev–Trinajstić information content (AvgIpc) is 3.43. The summed E-state index contributed by atoms with van der Waals surface area (Å²) >= 11 is 11.9. The van der Waals surface area contributed by atoms with E-state index in [1.54, 1.807) is 36.4 Å². The average molecular weight is 503 g/mol. The summed E-state index contributed by atoms with van der Waals surface area (Å²) in [5.41, 5.74) is 2.65. The summed E-state index contributed by atoms with van der Waals surface area (Å²) < 4.78 is 10.9. The quantitative estimate of drug-likeness (QED) is 0.231. The van der Waals surface area contributed by atoms with Crippen molar-refractivity contribution in [2.24, 2.45) is 0 Å². The maximum absolute atomic E-state index is 12.2. The van der Waals surface area contributed by atoms with Crippen LogP contribution in [0.1, 0.15) is 21.0 Å². The molecule has 0 atom stereocenters. The van der Waals surface area contributed by atoms with Crippen molar-refractivity contribution in [3.8, 4) is 0 Å². The molecule has 4 aromatic rings. The monoisotopic (exact) mass is 502 g/mol. The molecule has 0 bridgehead atoms. The summed E-state index contributed by atoms with van der Waals surface area (Å²) in [5, 5.41) is 8.61. The van der Waals surface area contributed by atoms with Crippen molar-refractivity contribution in [1.29, 1.82) is 0 Å². The van der Waals surface area contributed by atoms with Gasteiger partial charge in [-0.3, -0.25) is 9.59 Å². The van der Waals surface area contributed by atoms with Gasteiger partial charge in [-0.1, -0.05) is 23.2 Å². The van der Waals surface area contributed by atoms with Crippen molar-refractivity contribution in [1.82, 2.24) is 20.6 Å². The lowest BCUT2D eigenvalue weighted by molar-refractivity contribution is 0.0485. The number of carbonyl (C=O) groups is 2. The van der Waals surface area contributed by atoms with Crippen molar-refractivity contribution in [2.45, 2.75) is 0 Å². The molecule has 0 aliphatic heterocycles. The number of carbonyl (C=O) groups excluding carboxylic acids is 2. The van der Waals surface area contributed by atoms with Crippen LogP contribution in [0.2, 0.25) is 10.0 Å². The van der Waals surface area contributed by atoms with Crippen LogP contribution in [0, 0.1) is 0 Å². The summed E-state index contributed by atoms with van der Waals surface area (Å²) in [7, 11) is 0. The lowest BCUT2D eigenvalue weighted by Crippen LogP contribution is -2.28. The van der Waals surface area contributed by atoms with E-state index in [0.29, 0.717) is 61.0 Å². The predicted molar refractivity (Wildman–Crippen MR) is 133 cm³/mol. The third-order valence-electron chi connectivity index (χ3n) is 5.09. The van der Waals surface area contributed by atoms with Crippen LogP contribution >= 0.6 is 23.2 Å². The summed E-state index contributed by atoms with van der Waals surface area (Å²) in [6, 6.07) is 14.3. The highest BCUT2D eigenvalue weighted by atomic mass is 35.5. The van der Waals surface area contributed by atoms with Crippen LogP contribution < -0.4 is 10.6 Å². The first kappa shape index (κ1) is 24.1. The lowest BCUT2D eigenvalue weighted by Gasteiger charge is -2.07. The fourth-order valence-electron chi connectivity index (χ4n) is 3.44. The van der Waals surface area contributed by atoms with Gasteiger partial charge in [-0.2, -0.15) is 0 Å². The number of rotatable bonds is 11. The van der Waals surface area contributed by atoms with E-state index >= 15 is 0 Å². The number of hydrogen-bond acceptors (Lipinski definition) is 4. The minimum Gasteiger partial charge on any atom is -0.377 e. The van der Waals surface area contributed by atoms with Gasteiger partial charge in [0.15, 0.2) is 0 Å². The largest absolute Gasteiger partial charge is 0.377 e. The molecule has 0 aliphatic rings. The molecule has 4 N–H and O–H groups in total. The van der Waals surface area contributed by atoms with Gasteiger partial charge in [-0.05, 0) is 48.5 Å². The number of amides is 2. The Balaban J connectivity index is 1.05. The second-order valence-electron chi connectivity index (χ2n) is 7.57. The topological polar surface area (TPSA) is 108 Å². The molecule has 2 aromatic carbocycles. The molecule has 2 heterocycles. The molecule has 2 aromatic heterocycles. The molecule has 0 aliphatic carbocycles. The summed E-state index contributed by atoms with van der Waals surface area (Å²) in [5.74, 6) is -0.415. The van der Waals surface area contributed by atoms with Crippen LogP contribution in [0.15, 0.2) is 48.5 Å². The van der Waals surface area contributed by atoms with Gasteiger partial charge in [-0.15, -0.1) is 0 Å². The van der Waals surface area contributed by atoms with E-state index in [-0.39, 0.29) is 11.8 Å². The highest BCUT2D eigenvalue weighted by Gasteiger charge is 2.10. The van der Waals surface area contributed by atoms with Crippen LogP contribution in [0.25, 0.3) is 21.8 Å². The zero-order valence-corrected chi connectivity index (χ0v) is 19.8. The number of ether oxygens (including phenoxy) is 2. The van der Waals surface area contributed by atoms with Gasteiger partial charge < -0.3 is 30.1 Å². The molecule has 2 amide bonds. The van der Waals surface area contributed by atoms with Gasteiger partial charge >= 0.3 is 0 Å². The minimum atomic E-state index is -0.207. The Morgan fingerprint density at radius 3 is 1.56 bits per heavy atom. The number of benzene rings is 2. The summed E-state index contributed by atoms with van der Waals surface area (Å²) in [6.07, 6.45) is 0. The number of halogens is 2. The summed E-state index contributed by atoms with van der Waals surface area (Å²) in [4.78, 5) is 30.6. The smallest absolute Gasteiger partial charge is 0.267 e. The first-order valence-electron chi connectivity index (χ1n) is 10.8. The van der Waals surface area contributed by atoms with Crippen molar-refractivity contribution < 1.29 is 19.1 Å². The lowest BCUT2D eigenvalue weighted by atomic mass is 10.2. The highest BCUT2D eigenvalue weighted by Crippen LogP contribution is 2.21. The molecular weight excluding hydrogens is 479 g/mol. The van der Waals surface area contributed by atoms with Gasteiger partial charge in [0.25, 0.3) is 11.8 Å². The molecule has 0 radical (unpaired) electrons. The second kappa shape index (κ2) is 11.4. The number of nitrogens with one attached hydrogen (secondary N) is 4. The molecule has 34 heavy (non-hydrogen) atoms. The van der Waals surface area contributed by atoms with E-state index in [1.807, 2.05) is 12.1 Å². The molecule has 0 saturated carbocycles. The molecule has 8 nitrogen and oxygen atoms in total. The van der Waals surface area contributed by atoms with Gasteiger partial charge in [0, 0.05) is 44.9 Å². The van der Waals surface area contributed by atoms with Crippen LogP contribution in [0.5, 0.6) is 0 Å². The summed E-state index contributed by atoms with van der Waals surface area (Å²) in [6.45, 7) is 2.25. The number of hydrogen-bond donors (Lipinski definition) is 4. The second-order valence-corrected chi connectivity index (χ2v) is 8.44. The zero-order chi connectivity index (χ0) is 23.9. The van der Waals surface area contributed by atoms with Gasteiger partial charge in [0.2, 0.25) is 0 Å². The molecule has 0 saturated heterocycles. The maximum Gasteiger partial charge on any atom is 0.267 e. The molecule has 0 fully saturated rings.